The van der Waals surface area contributed by atoms with Gasteiger partial charge in [-0.1, -0.05) is 44.2 Å². The highest BCUT2D eigenvalue weighted by atomic mass is 16.5. The van der Waals surface area contributed by atoms with E-state index in [1.165, 1.54) is 0 Å². The number of nitrogens with one attached hydrogen (secondary N) is 1. The van der Waals surface area contributed by atoms with Crippen molar-refractivity contribution in [1.82, 2.24) is 5.32 Å². The highest BCUT2D eigenvalue weighted by Crippen LogP contribution is 2.56. The topological polar surface area (TPSA) is 119 Å². The van der Waals surface area contributed by atoms with E-state index >= 15 is 0 Å². The predicted octanol–water partition coefficient (Wildman–Crippen LogP) is 2.01. The molecule has 2 saturated carbocycles. The second-order valence-corrected chi connectivity index (χ2v) is 8.51. The Morgan fingerprint density at radius 2 is 1.93 bits per heavy atom. The van der Waals surface area contributed by atoms with Crippen LogP contribution < -0.4 is 11.1 Å². The molecule has 5 atom stereocenters. The van der Waals surface area contributed by atoms with Gasteiger partial charge in [-0.05, 0) is 36.7 Å². The molecule has 3 rings (SSSR count). The first kappa shape index (κ1) is 20.3. The Labute approximate surface area is 164 Å². The Balaban J connectivity index is 1.76. The molecule has 4 N–H and O–H groups in total. The van der Waals surface area contributed by atoms with Crippen LogP contribution in [0, 0.1) is 17.3 Å². The first-order valence-corrected chi connectivity index (χ1v) is 9.73. The predicted molar refractivity (Wildman–Crippen MR) is 102 cm³/mol. The molecule has 2 bridgehead atoms. The molecule has 0 aromatic heterocycles. The number of carbonyl (C=O) groups excluding carboxylic acids is 2. The van der Waals surface area contributed by atoms with Gasteiger partial charge in [0.15, 0.2) is 6.04 Å². The van der Waals surface area contributed by atoms with Crippen LogP contribution >= 0.6 is 0 Å². The maximum absolute atomic E-state index is 13.0. The average molecular weight is 388 g/mol. The molecular weight excluding hydrogens is 360 g/mol. The number of carbonyl (C=O) groups is 3. The van der Waals surface area contributed by atoms with Gasteiger partial charge in [0, 0.05) is 5.41 Å². The van der Waals surface area contributed by atoms with Gasteiger partial charge in [-0.2, -0.15) is 0 Å². The molecule has 0 heterocycles. The lowest BCUT2D eigenvalue weighted by atomic mass is 9.74. The summed E-state index contributed by atoms with van der Waals surface area (Å²) in [5.41, 5.74) is 6.14. The zero-order valence-corrected chi connectivity index (χ0v) is 16.3. The van der Waals surface area contributed by atoms with E-state index in [1.807, 2.05) is 6.07 Å². The molecule has 152 valence electrons. The number of aliphatic carboxylic acids is 1. The smallest absolute Gasteiger partial charge is 0.333 e. The molecule has 1 amide bonds. The van der Waals surface area contributed by atoms with E-state index in [-0.39, 0.29) is 11.5 Å². The van der Waals surface area contributed by atoms with Crippen LogP contribution in [0.5, 0.6) is 0 Å². The van der Waals surface area contributed by atoms with Crippen molar-refractivity contribution in [3.8, 4) is 0 Å². The monoisotopic (exact) mass is 388 g/mol. The van der Waals surface area contributed by atoms with E-state index in [0.717, 1.165) is 19.3 Å². The lowest BCUT2D eigenvalue weighted by Crippen LogP contribution is -2.47. The molecule has 1 aromatic carbocycles. The van der Waals surface area contributed by atoms with Crippen LogP contribution in [0.15, 0.2) is 30.3 Å². The van der Waals surface area contributed by atoms with Crippen molar-refractivity contribution >= 4 is 17.8 Å². The number of carboxylic acids is 1. The van der Waals surface area contributed by atoms with Crippen LogP contribution in [0.1, 0.15) is 51.1 Å². The normalized spacial score (nSPS) is 27.0. The maximum Gasteiger partial charge on any atom is 0.333 e. The number of ether oxygens (including phenoxy) is 1. The summed E-state index contributed by atoms with van der Waals surface area (Å²) in [6.45, 7) is 4.27. The molecule has 0 saturated heterocycles. The minimum absolute atomic E-state index is 0.0937. The summed E-state index contributed by atoms with van der Waals surface area (Å²) in [5.74, 6) is -1.51. The number of rotatable bonds is 7. The van der Waals surface area contributed by atoms with Crippen LogP contribution in [0.3, 0.4) is 0 Å². The average Bonchev–Trinajstić information content (AvgIpc) is 3.21. The van der Waals surface area contributed by atoms with E-state index in [9.17, 15) is 14.4 Å². The van der Waals surface area contributed by atoms with Crippen molar-refractivity contribution in [3.63, 3.8) is 0 Å². The third kappa shape index (κ3) is 4.04. The van der Waals surface area contributed by atoms with Crippen LogP contribution in [-0.4, -0.2) is 35.1 Å². The Morgan fingerprint density at radius 1 is 1.25 bits per heavy atom. The summed E-state index contributed by atoms with van der Waals surface area (Å²) >= 11 is 0. The van der Waals surface area contributed by atoms with Crippen molar-refractivity contribution in [1.29, 1.82) is 0 Å². The molecule has 0 radical (unpaired) electrons. The van der Waals surface area contributed by atoms with Gasteiger partial charge in [0.05, 0.1) is 12.5 Å². The van der Waals surface area contributed by atoms with E-state index in [4.69, 9.17) is 15.6 Å². The maximum atomic E-state index is 13.0. The minimum atomic E-state index is -1.24. The molecule has 2 aliphatic rings. The van der Waals surface area contributed by atoms with Crippen molar-refractivity contribution in [3.05, 3.63) is 35.9 Å². The number of hydrogen-bond acceptors (Lipinski definition) is 5. The van der Waals surface area contributed by atoms with Gasteiger partial charge >= 0.3 is 11.9 Å². The highest BCUT2D eigenvalue weighted by molar-refractivity contribution is 5.90. The van der Waals surface area contributed by atoms with Gasteiger partial charge in [0.2, 0.25) is 5.91 Å². The number of amides is 1. The molecule has 2 fully saturated rings. The summed E-state index contributed by atoms with van der Waals surface area (Å²) in [6.07, 6.45) is 2.58. The summed E-state index contributed by atoms with van der Waals surface area (Å²) in [5, 5.41) is 11.4. The van der Waals surface area contributed by atoms with Crippen LogP contribution in [0.2, 0.25) is 0 Å². The van der Waals surface area contributed by atoms with Crippen LogP contribution in [0.25, 0.3) is 0 Å². The minimum Gasteiger partial charge on any atom is -0.481 e. The zero-order valence-electron chi connectivity index (χ0n) is 16.3. The number of carboxylic acid groups (broad SMARTS) is 1. The number of hydrogen-bond donors (Lipinski definition) is 3. The molecule has 1 unspecified atom stereocenters. The third-order valence-corrected chi connectivity index (χ3v) is 6.32. The van der Waals surface area contributed by atoms with E-state index in [0.29, 0.717) is 17.4 Å². The van der Waals surface area contributed by atoms with Gasteiger partial charge < -0.3 is 20.9 Å². The van der Waals surface area contributed by atoms with E-state index in [2.05, 4.69) is 19.2 Å². The van der Waals surface area contributed by atoms with Crippen molar-refractivity contribution < 1.29 is 24.2 Å². The molecule has 2 aliphatic carbocycles. The molecule has 7 heteroatoms. The third-order valence-electron chi connectivity index (χ3n) is 6.32. The molecular formula is C21H28N2O5. The lowest BCUT2D eigenvalue weighted by molar-refractivity contribution is -0.163. The molecule has 1 aromatic rings. The summed E-state index contributed by atoms with van der Waals surface area (Å²) in [4.78, 5) is 36.2. The molecule has 28 heavy (non-hydrogen) atoms. The van der Waals surface area contributed by atoms with E-state index in [1.54, 1.807) is 24.3 Å². The molecule has 0 aliphatic heterocycles. The summed E-state index contributed by atoms with van der Waals surface area (Å²) in [7, 11) is 0. The van der Waals surface area contributed by atoms with Crippen LogP contribution in [0.4, 0.5) is 0 Å². The first-order valence-electron chi connectivity index (χ1n) is 9.73. The Hall–Kier alpha value is -2.41. The van der Waals surface area contributed by atoms with Crippen molar-refractivity contribution in [2.24, 2.45) is 23.0 Å². The van der Waals surface area contributed by atoms with Gasteiger partial charge in [-0.25, -0.2) is 4.79 Å². The second kappa shape index (κ2) is 7.91. The van der Waals surface area contributed by atoms with E-state index < -0.39 is 36.4 Å². The Morgan fingerprint density at radius 3 is 2.50 bits per heavy atom. The fourth-order valence-corrected chi connectivity index (χ4v) is 4.70. The molecule has 7 nitrogen and oxygen atoms in total. The number of nitrogens with two attached hydrogens (primary N) is 1. The van der Waals surface area contributed by atoms with Crippen molar-refractivity contribution in [2.75, 3.05) is 0 Å². The molecule has 0 spiro atoms. The second-order valence-electron chi connectivity index (χ2n) is 8.51. The Kier molecular flexibility index (Phi) is 5.74. The van der Waals surface area contributed by atoms with Gasteiger partial charge in [0.25, 0.3) is 0 Å². The number of esters is 1. The largest absolute Gasteiger partial charge is 0.481 e. The first-order chi connectivity index (χ1) is 13.2. The summed E-state index contributed by atoms with van der Waals surface area (Å²) < 4.78 is 5.93. The fraction of sp³-hybridized carbons (Fsp3) is 0.571. The van der Waals surface area contributed by atoms with Crippen molar-refractivity contribution in [2.45, 2.75) is 57.7 Å². The summed E-state index contributed by atoms with van der Waals surface area (Å²) in [6, 6.07) is 6.52. The fourth-order valence-electron chi connectivity index (χ4n) is 4.70. The number of fused-ring (bicyclic) bond motifs is 2. The lowest BCUT2D eigenvalue weighted by Gasteiger charge is -2.38. The number of benzene rings is 1. The quantitative estimate of drug-likeness (QED) is 0.615. The SMILES string of the molecule is CC1(C)C2CC[C@H](C2)[C@H]1OC(=O)[C@H](NC(=O)[C@@H](N)CC(=O)O)c1ccccc1. The van der Waals surface area contributed by atoms with Crippen LogP contribution in [-0.2, 0) is 19.1 Å². The van der Waals surface area contributed by atoms with Gasteiger partial charge in [0.1, 0.15) is 6.10 Å². The zero-order chi connectivity index (χ0) is 20.5. The standard InChI is InChI=1S/C21H28N2O5/c1-21(2)14-9-8-13(10-14)18(21)28-20(27)17(12-6-4-3-5-7-12)23-19(26)15(22)11-16(24)25/h3-7,13-15,17-18H,8-11,22H2,1-2H3,(H,23,26)(H,24,25)/t13-,14?,15+,17-,18-/m1/s1. The van der Waals surface area contributed by atoms with Gasteiger partial charge in [-0.15, -0.1) is 0 Å². The Bertz CT molecular complexity index is 748. The highest BCUT2D eigenvalue weighted by Gasteiger charge is 2.55. The van der Waals surface area contributed by atoms with Gasteiger partial charge in [-0.3, -0.25) is 9.59 Å².